The van der Waals surface area contributed by atoms with Crippen molar-refractivity contribution in [1.82, 2.24) is 14.9 Å². The summed E-state index contributed by atoms with van der Waals surface area (Å²) < 4.78 is 0. The number of H-pyrrole nitrogens is 1. The first-order valence-corrected chi connectivity index (χ1v) is 7.61. The summed E-state index contributed by atoms with van der Waals surface area (Å²) in [5.74, 6) is 0.680. The van der Waals surface area contributed by atoms with Gasteiger partial charge in [-0.25, -0.2) is 4.98 Å². The van der Waals surface area contributed by atoms with E-state index in [9.17, 15) is 9.90 Å². The number of rotatable bonds is 5. The molecule has 1 fully saturated rings. The summed E-state index contributed by atoms with van der Waals surface area (Å²) in [4.78, 5) is 21.8. The van der Waals surface area contributed by atoms with Gasteiger partial charge in [-0.2, -0.15) is 0 Å². The second-order valence-corrected chi connectivity index (χ2v) is 5.66. The fourth-order valence-corrected chi connectivity index (χ4v) is 3.19. The smallest absolute Gasteiger partial charge is 0.258 e. The first-order valence-electron chi connectivity index (χ1n) is 7.61. The zero-order valence-electron chi connectivity index (χ0n) is 12.1. The third-order valence-corrected chi connectivity index (χ3v) is 4.24. The summed E-state index contributed by atoms with van der Waals surface area (Å²) in [6, 6.07) is 7.87. The molecule has 0 amide bonds. The van der Waals surface area contributed by atoms with Gasteiger partial charge in [-0.05, 0) is 25.0 Å². The van der Waals surface area contributed by atoms with Crippen LogP contribution in [0.4, 0.5) is 0 Å². The van der Waals surface area contributed by atoms with Gasteiger partial charge in [0.1, 0.15) is 5.82 Å². The van der Waals surface area contributed by atoms with Crippen molar-refractivity contribution in [1.29, 1.82) is 0 Å². The van der Waals surface area contributed by atoms with Crippen LogP contribution in [0.3, 0.4) is 0 Å². The highest BCUT2D eigenvalue weighted by Crippen LogP contribution is 2.24. The normalized spacial score (nSPS) is 16.1. The van der Waals surface area contributed by atoms with Crippen LogP contribution in [0.1, 0.15) is 31.5 Å². The van der Waals surface area contributed by atoms with Crippen molar-refractivity contribution >= 4 is 10.9 Å². The molecular weight excluding hydrogens is 266 g/mol. The minimum Gasteiger partial charge on any atom is -0.395 e. The number of aliphatic hydroxyl groups excluding tert-OH is 1. The van der Waals surface area contributed by atoms with Gasteiger partial charge in [0.15, 0.2) is 0 Å². The molecule has 1 saturated carbocycles. The Morgan fingerprint density at radius 3 is 2.81 bits per heavy atom. The van der Waals surface area contributed by atoms with Gasteiger partial charge in [0.25, 0.3) is 5.56 Å². The summed E-state index contributed by atoms with van der Waals surface area (Å²) in [7, 11) is 0. The van der Waals surface area contributed by atoms with Crippen LogP contribution in [0.2, 0.25) is 0 Å². The molecule has 1 aliphatic rings. The number of benzene rings is 1. The molecular formula is C16H21N3O2. The topological polar surface area (TPSA) is 69.2 Å². The second-order valence-electron chi connectivity index (χ2n) is 5.66. The van der Waals surface area contributed by atoms with Gasteiger partial charge in [0.2, 0.25) is 0 Å². The van der Waals surface area contributed by atoms with E-state index in [1.54, 1.807) is 6.07 Å². The number of hydrogen-bond acceptors (Lipinski definition) is 4. The fraction of sp³-hybridized carbons (Fsp3) is 0.500. The molecule has 5 heteroatoms. The Balaban J connectivity index is 1.86. The highest BCUT2D eigenvalue weighted by Gasteiger charge is 2.23. The van der Waals surface area contributed by atoms with Crippen molar-refractivity contribution in [3.8, 4) is 0 Å². The Kier molecular flexibility index (Phi) is 4.31. The molecule has 0 bridgehead atoms. The molecule has 2 aromatic rings. The van der Waals surface area contributed by atoms with Crippen LogP contribution < -0.4 is 5.56 Å². The fourth-order valence-electron chi connectivity index (χ4n) is 3.19. The maximum absolute atomic E-state index is 12.1. The van der Waals surface area contributed by atoms with Gasteiger partial charge < -0.3 is 10.1 Å². The van der Waals surface area contributed by atoms with Gasteiger partial charge in [-0.1, -0.05) is 25.0 Å². The van der Waals surface area contributed by atoms with Crippen LogP contribution in [0.15, 0.2) is 29.1 Å². The van der Waals surface area contributed by atoms with E-state index in [4.69, 9.17) is 0 Å². The lowest BCUT2D eigenvalue weighted by molar-refractivity contribution is 0.142. The standard InChI is InChI=1S/C16H21N3O2/c20-10-9-19(12-5-1-2-6-12)11-15-17-14-8-4-3-7-13(14)16(21)18-15/h3-4,7-8,12,20H,1-2,5-6,9-11H2,(H,17,18,21). The summed E-state index contributed by atoms with van der Waals surface area (Å²) in [6.07, 6.45) is 4.82. The van der Waals surface area contributed by atoms with Crippen molar-refractivity contribution in [3.63, 3.8) is 0 Å². The third-order valence-electron chi connectivity index (χ3n) is 4.24. The Labute approximate surface area is 123 Å². The number of aromatic amines is 1. The lowest BCUT2D eigenvalue weighted by atomic mass is 10.2. The summed E-state index contributed by atoms with van der Waals surface area (Å²) in [5.41, 5.74) is 0.637. The maximum atomic E-state index is 12.1. The highest BCUT2D eigenvalue weighted by atomic mass is 16.3. The van der Waals surface area contributed by atoms with Crippen molar-refractivity contribution < 1.29 is 5.11 Å². The van der Waals surface area contributed by atoms with E-state index < -0.39 is 0 Å². The van der Waals surface area contributed by atoms with Crippen molar-refractivity contribution in [2.45, 2.75) is 38.3 Å². The molecule has 0 saturated heterocycles. The quantitative estimate of drug-likeness (QED) is 0.877. The van der Waals surface area contributed by atoms with Gasteiger partial charge in [-0.3, -0.25) is 9.69 Å². The van der Waals surface area contributed by atoms with Crippen molar-refractivity contribution in [3.05, 3.63) is 40.4 Å². The SMILES string of the molecule is O=c1[nH]c(CN(CCO)C2CCCC2)nc2ccccc12. The lowest BCUT2D eigenvalue weighted by Crippen LogP contribution is -2.36. The summed E-state index contributed by atoms with van der Waals surface area (Å²) in [6.45, 7) is 1.35. The van der Waals surface area contributed by atoms with E-state index in [1.807, 2.05) is 18.2 Å². The zero-order valence-corrected chi connectivity index (χ0v) is 12.1. The van der Waals surface area contributed by atoms with Crippen LogP contribution in [0.5, 0.6) is 0 Å². The Bertz CT molecular complexity index is 662. The second kappa shape index (κ2) is 6.37. The molecule has 21 heavy (non-hydrogen) atoms. The number of para-hydroxylation sites is 1. The zero-order chi connectivity index (χ0) is 14.7. The minimum atomic E-state index is -0.0917. The number of fused-ring (bicyclic) bond motifs is 1. The Morgan fingerprint density at radius 2 is 2.05 bits per heavy atom. The summed E-state index contributed by atoms with van der Waals surface area (Å²) in [5, 5.41) is 9.89. The predicted molar refractivity (Wildman–Crippen MR) is 82.1 cm³/mol. The van der Waals surface area contributed by atoms with Gasteiger partial charge in [0, 0.05) is 12.6 Å². The molecule has 5 nitrogen and oxygen atoms in total. The average Bonchev–Trinajstić information content (AvgIpc) is 3.01. The third kappa shape index (κ3) is 3.14. The van der Waals surface area contributed by atoms with E-state index in [1.165, 1.54) is 12.8 Å². The van der Waals surface area contributed by atoms with Crippen LogP contribution >= 0.6 is 0 Å². The molecule has 0 radical (unpaired) electrons. The molecule has 1 aliphatic carbocycles. The molecule has 0 atom stereocenters. The van der Waals surface area contributed by atoms with Crippen LogP contribution in [0, 0.1) is 0 Å². The minimum absolute atomic E-state index is 0.0917. The molecule has 0 unspecified atom stereocenters. The Hall–Kier alpha value is -1.72. The molecule has 0 aliphatic heterocycles. The highest BCUT2D eigenvalue weighted by molar-refractivity contribution is 5.77. The molecule has 2 N–H and O–H groups in total. The van der Waals surface area contributed by atoms with Crippen molar-refractivity contribution in [2.24, 2.45) is 0 Å². The number of hydrogen-bond donors (Lipinski definition) is 2. The average molecular weight is 287 g/mol. The number of nitrogens with zero attached hydrogens (tertiary/aromatic N) is 2. The molecule has 1 aromatic carbocycles. The lowest BCUT2D eigenvalue weighted by Gasteiger charge is -2.27. The summed E-state index contributed by atoms with van der Waals surface area (Å²) >= 11 is 0. The largest absolute Gasteiger partial charge is 0.395 e. The molecule has 3 rings (SSSR count). The molecule has 0 spiro atoms. The van der Waals surface area contributed by atoms with E-state index in [2.05, 4.69) is 14.9 Å². The first-order chi connectivity index (χ1) is 10.3. The predicted octanol–water partition coefficient (Wildman–Crippen LogP) is 1.66. The van der Waals surface area contributed by atoms with E-state index >= 15 is 0 Å². The van der Waals surface area contributed by atoms with E-state index in [0.717, 1.165) is 18.4 Å². The molecule has 112 valence electrons. The number of nitrogens with one attached hydrogen (secondary N) is 1. The molecule has 1 heterocycles. The van der Waals surface area contributed by atoms with E-state index in [0.29, 0.717) is 30.3 Å². The number of aliphatic hydroxyl groups is 1. The number of aromatic nitrogens is 2. The maximum Gasteiger partial charge on any atom is 0.258 e. The van der Waals surface area contributed by atoms with Crippen molar-refractivity contribution in [2.75, 3.05) is 13.2 Å². The monoisotopic (exact) mass is 287 g/mol. The van der Waals surface area contributed by atoms with Crippen LogP contribution in [-0.4, -0.2) is 39.2 Å². The first kappa shape index (κ1) is 14.2. The Morgan fingerprint density at radius 1 is 1.29 bits per heavy atom. The van der Waals surface area contributed by atoms with Crippen LogP contribution in [0.25, 0.3) is 10.9 Å². The van der Waals surface area contributed by atoms with Gasteiger partial charge >= 0.3 is 0 Å². The van der Waals surface area contributed by atoms with Crippen LogP contribution in [-0.2, 0) is 6.54 Å². The van der Waals surface area contributed by atoms with E-state index in [-0.39, 0.29) is 12.2 Å². The molecule has 1 aromatic heterocycles. The van der Waals surface area contributed by atoms with Gasteiger partial charge in [0.05, 0.1) is 24.1 Å². The van der Waals surface area contributed by atoms with Gasteiger partial charge in [-0.15, -0.1) is 0 Å².